The number of hydrogen-bond acceptors (Lipinski definition) is 9. The van der Waals surface area contributed by atoms with E-state index in [9.17, 15) is 4.39 Å². The fraction of sp³-hybridized carbons (Fsp3) is 0.438. The SMILES string of the molecule is C.C.Cc1ccc(-c2ccc3nc4n(c3c2)CCN(C2CCC2)CC4)cc1F.Cc1ccc(-c2ccc3nc4n(c3c2)CCN(C2CCC2)CC4)cn1.c1cnc(-c2ccc3nc4n(c3c2)CCN(C2CCC2)CC4)cn1. The van der Waals surface area contributed by atoms with Crippen molar-refractivity contribution in [1.82, 2.24) is 58.3 Å². The van der Waals surface area contributed by atoms with E-state index in [4.69, 9.17) is 15.0 Å². The molecule has 8 heterocycles. The van der Waals surface area contributed by atoms with Crippen LogP contribution in [0.4, 0.5) is 4.39 Å². The number of halogens is 1. The molecular formula is C64H77FN12. The predicted molar refractivity (Wildman–Crippen MR) is 311 cm³/mol. The summed E-state index contributed by atoms with van der Waals surface area (Å²) in [7, 11) is 0. The Balaban J connectivity index is 0.000000121. The Kier molecular flexibility index (Phi) is 15.5. The first kappa shape index (κ1) is 52.4. The summed E-state index contributed by atoms with van der Waals surface area (Å²) in [5.41, 5.74) is 15.1. The maximum absolute atomic E-state index is 14.0. The molecule has 3 aliphatic carbocycles. The number of imidazole rings is 3. The van der Waals surface area contributed by atoms with E-state index < -0.39 is 0 Å². The molecule has 0 bridgehead atoms. The van der Waals surface area contributed by atoms with Crippen molar-refractivity contribution in [3.63, 3.8) is 0 Å². The van der Waals surface area contributed by atoms with Gasteiger partial charge in [0.25, 0.3) is 0 Å². The summed E-state index contributed by atoms with van der Waals surface area (Å²) in [6.07, 6.45) is 22.8. The molecule has 5 aromatic heterocycles. The van der Waals surface area contributed by atoms with Gasteiger partial charge in [0, 0.05) is 132 Å². The van der Waals surface area contributed by atoms with E-state index in [-0.39, 0.29) is 20.7 Å². The van der Waals surface area contributed by atoms with Crippen LogP contribution in [0.5, 0.6) is 0 Å². The van der Waals surface area contributed by atoms with Crippen molar-refractivity contribution < 1.29 is 4.39 Å². The summed E-state index contributed by atoms with van der Waals surface area (Å²) in [6.45, 7) is 13.7. The van der Waals surface area contributed by atoms with Gasteiger partial charge in [-0.1, -0.05) is 70.5 Å². The Bertz CT molecular complexity index is 3470. The summed E-state index contributed by atoms with van der Waals surface area (Å²) >= 11 is 0. The molecule has 0 saturated heterocycles. The molecule has 3 aliphatic heterocycles. The van der Waals surface area contributed by atoms with Crippen molar-refractivity contribution in [2.75, 3.05) is 39.3 Å². The molecule has 77 heavy (non-hydrogen) atoms. The molecule has 3 saturated carbocycles. The van der Waals surface area contributed by atoms with Crippen LogP contribution in [-0.2, 0) is 38.9 Å². The third kappa shape index (κ3) is 10.7. The fourth-order valence-corrected chi connectivity index (χ4v) is 12.3. The van der Waals surface area contributed by atoms with E-state index in [1.807, 2.05) is 31.5 Å². The van der Waals surface area contributed by atoms with E-state index in [0.29, 0.717) is 5.56 Å². The molecule has 0 radical (unpaired) electrons. The normalized spacial score (nSPS) is 18.3. The van der Waals surface area contributed by atoms with Gasteiger partial charge in [0.2, 0.25) is 0 Å². The Morgan fingerprint density at radius 3 is 1.27 bits per heavy atom. The van der Waals surface area contributed by atoms with Gasteiger partial charge in [-0.15, -0.1) is 0 Å². The Morgan fingerprint density at radius 2 is 0.857 bits per heavy atom. The lowest BCUT2D eigenvalue weighted by molar-refractivity contribution is 0.130. The maximum atomic E-state index is 14.0. The molecule has 0 amide bonds. The fourth-order valence-electron chi connectivity index (χ4n) is 12.3. The van der Waals surface area contributed by atoms with Gasteiger partial charge < -0.3 is 13.7 Å². The Hall–Kier alpha value is -6.67. The lowest BCUT2D eigenvalue weighted by Crippen LogP contribution is -2.41. The van der Waals surface area contributed by atoms with Gasteiger partial charge in [-0.05, 0) is 123 Å². The second-order valence-corrected chi connectivity index (χ2v) is 22.0. The smallest absolute Gasteiger partial charge is 0.126 e. The lowest BCUT2D eigenvalue weighted by atomic mass is 9.91. The summed E-state index contributed by atoms with van der Waals surface area (Å²) < 4.78 is 21.2. The number of fused-ring (bicyclic) bond motifs is 9. The zero-order valence-electron chi connectivity index (χ0n) is 43.7. The molecule has 13 heteroatoms. The molecule has 0 atom stereocenters. The molecule has 12 nitrogen and oxygen atoms in total. The summed E-state index contributed by atoms with van der Waals surface area (Å²) in [4.78, 5) is 35.7. The first-order valence-electron chi connectivity index (χ1n) is 28.0. The first-order chi connectivity index (χ1) is 36.8. The Labute approximate surface area is 454 Å². The van der Waals surface area contributed by atoms with Gasteiger partial charge in [-0.2, -0.15) is 0 Å². The highest BCUT2D eigenvalue weighted by molar-refractivity contribution is 5.84. The zero-order valence-corrected chi connectivity index (χ0v) is 43.7. The Morgan fingerprint density at radius 1 is 0.429 bits per heavy atom. The van der Waals surface area contributed by atoms with Crippen molar-refractivity contribution in [3.05, 3.63) is 144 Å². The average molecular weight is 1030 g/mol. The average Bonchev–Trinajstić information content (AvgIpc) is 3.86. The minimum atomic E-state index is -0.147. The van der Waals surface area contributed by atoms with Crippen LogP contribution in [0.2, 0.25) is 0 Å². The van der Waals surface area contributed by atoms with E-state index in [1.165, 1.54) is 103 Å². The van der Waals surface area contributed by atoms with Crippen LogP contribution in [0.15, 0.2) is 110 Å². The number of hydrogen-bond donors (Lipinski definition) is 0. The second kappa shape index (κ2) is 22.7. The molecule has 15 rings (SSSR count). The van der Waals surface area contributed by atoms with E-state index >= 15 is 0 Å². The maximum Gasteiger partial charge on any atom is 0.126 e. The molecule has 0 N–H and O–H groups in total. The number of aryl methyl sites for hydroxylation is 2. The number of aromatic nitrogens is 9. The van der Waals surface area contributed by atoms with Crippen LogP contribution in [0.3, 0.4) is 0 Å². The van der Waals surface area contributed by atoms with E-state index in [0.717, 1.165) is 141 Å². The van der Waals surface area contributed by atoms with Gasteiger partial charge in [-0.25, -0.2) is 19.3 Å². The van der Waals surface area contributed by atoms with Crippen molar-refractivity contribution in [2.24, 2.45) is 0 Å². The molecule has 6 aliphatic rings. The minimum absolute atomic E-state index is 0. The highest BCUT2D eigenvalue weighted by Crippen LogP contribution is 2.33. The van der Waals surface area contributed by atoms with Crippen LogP contribution in [-0.4, -0.2) is 116 Å². The predicted octanol–water partition coefficient (Wildman–Crippen LogP) is 12.6. The van der Waals surface area contributed by atoms with Gasteiger partial charge in [0.1, 0.15) is 23.3 Å². The van der Waals surface area contributed by atoms with Gasteiger partial charge in [0.05, 0.1) is 45.0 Å². The largest absolute Gasteiger partial charge is 0.327 e. The summed E-state index contributed by atoms with van der Waals surface area (Å²) in [5.74, 6) is 3.51. The van der Waals surface area contributed by atoms with Gasteiger partial charge in [0.15, 0.2) is 0 Å². The van der Waals surface area contributed by atoms with Crippen molar-refractivity contribution in [1.29, 1.82) is 0 Å². The topological polar surface area (TPSA) is 102 Å². The summed E-state index contributed by atoms with van der Waals surface area (Å²) in [5, 5.41) is 0. The molecular weight excluding hydrogens is 956 g/mol. The molecule has 3 fully saturated rings. The molecule has 4 aromatic carbocycles. The highest BCUT2D eigenvalue weighted by Gasteiger charge is 2.30. The van der Waals surface area contributed by atoms with Crippen molar-refractivity contribution in [2.45, 2.75) is 144 Å². The molecule has 9 aromatic rings. The quantitative estimate of drug-likeness (QED) is 0.161. The van der Waals surface area contributed by atoms with E-state index in [2.05, 4.69) is 110 Å². The van der Waals surface area contributed by atoms with Crippen LogP contribution >= 0.6 is 0 Å². The van der Waals surface area contributed by atoms with Gasteiger partial charge >= 0.3 is 0 Å². The van der Waals surface area contributed by atoms with Crippen LogP contribution in [0.1, 0.15) is 101 Å². The van der Waals surface area contributed by atoms with Crippen molar-refractivity contribution >= 4 is 33.1 Å². The van der Waals surface area contributed by atoms with Crippen LogP contribution < -0.4 is 0 Å². The van der Waals surface area contributed by atoms with Crippen LogP contribution in [0, 0.1) is 19.7 Å². The van der Waals surface area contributed by atoms with Gasteiger partial charge in [-0.3, -0.25) is 29.7 Å². The highest BCUT2D eigenvalue weighted by atomic mass is 19.1. The number of benzene rings is 4. The molecule has 0 spiro atoms. The minimum Gasteiger partial charge on any atom is -0.327 e. The third-order valence-electron chi connectivity index (χ3n) is 17.6. The number of pyridine rings is 1. The lowest BCUT2D eigenvalue weighted by Gasteiger charge is -2.36. The zero-order chi connectivity index (χ0) is 50.4. The number of nitrogens with zero attached hydrogens (tertiary/aromatic N) is 12. The monoisotopic (exact) mass is 1030 g/mol. The third-order valence-corrected chi connectivity index (χ3v) is 17.6. The second-order valence-electron chi connectivity index (χ2n) is 22.0. The standard InChI is InChI=1S/C22H24FN3.C21H24N4.C19H21N5.2CH4/c1-15-5-6-16(13-19(15)23)17-7-8-20-21(14-17)26-12-11-25(18-3-2-4-18)10-9-22(26)24-20;1-15-5-6-17(14-22-15)16-7-8-19-20(13-16)25-12-11-24(18-3-2-4-18)10-9-21(25)23-19;1-2-15(3-1)23-9-6-19-22-16-5-4-14(17-13-20-7-8-21-17)12-18(16)24(19)11-10-23;;/h5-8,13-14,18H,2-4,9-12H2,1H3;5-8,13-14,18H,2-4,9-12H2,1H3;4-5,7-8,12-13,15H,1-3,6,9-11H2;2*1H4. The van der Waals surface area contributed by atoms with E-state index in [1.54, 1.807) is 25.4 Å². The molecule has 0 unspecified atom stereocenters. The molecule has 400 valence electrons. The number of rotatable bonds is 6. The first-order valence-corrected chi connectivity index (χ1v) is 28.0. The summed E-state index contributed by atoms with van der Waals surface area (Å²) in [6, 6.07) is 31.5. The van der Waals surface area contributed by atoms with Crippen molar-refractivity contribution in [3.8, 4) is 33.5 Å². The van der Waals surface area contributed by atoms with Crippen LogP contribution in [0.25, 0.3) is 66.6 Å².